The summed E-state index contributed by atoms with van der Waals surface area (Å²) in [5.41, 5.74) is -4.63. The minimum Gasteiger partial charge on any atom is -0.775 e. The Kier molecular flexibility index (Phi) is 7.24. The molecule has 8 heteroatoms. The zero-order valence-corrected chi connectivity index (χ0v) is 14.7. The van der Waals surface area contributed by atoms with E-state index in [2.05, 4.69) is 0 Å². The molecule has 0 amide bonds. The molecule has 2 fully saturated rings. The van der Waals surface area contributed by atoms with Crippen LogP contribution in [-0.2, 0) is 9.53 Å². The molecule has 2 saturated carbocycles. The van der Waals surface area contributed by atoms with Gasteiger partial charge in [-0.25, -0.2) is 0 Å². The lowest BCUT2D eigenvalue weighted by molar-refractivity contribution is -0.145. The number of fused-ring (bicyclic) bond motifs is 2. The number of ether oxygens (including phenoxy) is 1. The lowest BCUT2D eigenvalue weighted by Crippen LogP contribution is -2.30. The monoisotopic (exact) mass is 368 g/mol. The van der Waals surface area contributed by atoms with Crippen molar-refractivity contribution in [1.29, 1.82) is 0 Å². The van der Waals surface area contributed by atoms with Crippen molar-refractivity contribution >= 4 is 17.9 Å². The Hall–Kier alpha value is -0.470. The predicted molar refractivity (Wildman–Crippen MR) is 86.7 cm³/mol. The molecule has 0 aromatic heterocycles. The van der Waals surface area contributed by atoms with Gasteiger partial charge in [-0.15, -0.1) is 0 Å². The van der Waals surface area contributed by atoms with Crippen LogP contribution in [-0.4, -0.2) is 28.6 Å². The number of carbonyl (C=O) groups is 1. The minimum atomic E-state index is -4.63. The molecule has 0 aliphatic heterocycles. The number of hydroxylamine groups is 1. The Morgan fingerprint density at radius 3 is 2.50 bits per heavy atom. The Balaban J connectivity index is 1.63. The van der Waals surface area contributed by atoms with E-state index in [1.165, 1.54) is 45.4 Å². The van der Waals surface area contributed by atoms with E-state index < -0.39 is 29.5 Å². The molecule has 0 spiro atoms. The van der Waals surface area contributed by atoms with Crippen LogP contribution in [0.1, 0.15) is 58.3 Å². The Bertz CT molecular complexity index is 410. The van der Waals surface area contributed by atoms with Crippen LogP contribution in [0.25, 0.3) is 0 Å². The van der Waals surface area contributed by atoms with Crippen molar-refractivity contribution in [1.82, 2.24) is 4.47 Å². The molecule has 0 radical (unpaired) electrons. The number of esters is 1. The zero-order valence-electron chi connectivity index (χ0n) is 13.9. The molecule has 0 aromatic rings. The summed E-state index contributed by atoms with van der Waals surface area (Å²) in [7, 11) is 0. The van der Waals surface area contributed by atoms with Crippen LogP contribution in [0, 0.1) is 23.0 Å². The van der Waals surface area contributed by atoms with Crippen molar-refractivity contribution in [3.8, 4) is 0 Å². The molecule has 3 atom stereocenters. The van der Waals surface area contributed by atoms with Gasteiger partial charge in [-0.05, 0) is 50.4 Å². The lowest BCUT2D eigenvalue weighted by Gasteiger charge is -2.39. The molecule has 24 heavy (non-hydrogen) atoms. The van der Waals surface area contributed by atoms with Crippen LogP contribution in [0.5, 0.6) is 0 Å². The first-order chi connectivity index (χ1) is 11.2. The largest absolute Gasteiger partial charge is 0.775 e. The summed E-state index contributed by atoms with van der Waals surface area (Å²) in [5.74, 6) is 1.72. The molecular weight excluding hydrogens is 343 g/mol. The zero-order chi connectivity index (χ0) is 17.7. The maximum atomic E-state index is 12.1. The highest BCUT2D eigenvalue weighted by molar-refractivity contribution is 7.97. The van der Waals surface area contributed by atoms with E-state index in [9.17, 15) is 23.2 Å². The fourth-order valence-electron chi connectivity index (χ4n) is 3.97. The molecule has 0 aromatic carbocycles. The summed E-state index contributed by atoms with van der Waals surface area (Å²) in [6, 6.07) is -1.03. The van der Waals surface area contributed by atoms with E-state index in [1.54, 1.807) is 0 Å². The number of hydrogen-bond acceptors (Lipinski definition) is 5. The normalized spacial score (nSPS) is 28.7. The van der Waals surface area contributed by atoms with Crippen molar-refractivity contribution in [3.05, 3.63) is 5.21 Å². The van der Waals surface area contributed by atoms with E-state index in [0.29, 0.717) is 5.92 Å². The highest BCUT2D eigenvalue weighted by Crippen LogP contribution is 2.43. The summed E-state index contributed by atoms with van der Waals surface area (Å²) in [5, 5.41) is 11.3. The molecule has 4 nitrogen and oxygen atoms in total. The van der Waals surface area contributed by atoms with E-state index in [-0.39, 0.29) is 17.5 Å². The second kappa shape index (κ2) is 8.76. The number of alkyl halides is 3. The Morgan fingerprint density at radius 1 is 1.29 bits per heavy atom. The summed E-state index contributed by atoms with van der Waals surface area (Å²) >= 11 is -0.752. The first-order valence-electron chi connectivity index (χ1n) is 8.60. The fraction of sp³-hybridized carbons (Fsp3) is 0.938. The summed E-state index contributed by atoms with van der Waals surface area (Å²) in [6.07, 6.45) is 8.66. The van der Waals surface area contributed by atoms with Gasteiger partial charge in [0.05, 0.1) is 0 Å². The highest BCUT2D eigenvalue weighted by Gasteiger charge is 2.32. The van der Waals surface area contributed by atoms with Crippen molar-refractivity contribution < 1.29 is 22.7 Å². The number of hydrogen-bond donors (Lipinski definition) is 0. The average Bonchev–Trinajstić information content (AvgIpc) is 2.48. The third-order valence-corrected chi connectivity index (χ3v) is 5.77. The first-order valence-corrected chi connectivity index (χ1v) is 9.38. The fourth-order valence-corrected chi connectivity index (χ4v) is 4.41. The minimum absolute atomic E-state index is 0.171. The maximum absolute atomic E-state index is 12.1. The second-order valence-electron chi connectivity index (χ2n) is 7.13. The maximum Gasteiger partial charge on any atom is 0.455 e. The number of carbonyl (C=O) groups excluding carboxylic acids is 1. The third-order valence-electron chi connectivity index (χ3n) is 5.02. The van der Waals surface area contributed by atoms with Crippen molar-refractivity contribution in [2.45, 2.75) is 69.8 Å². The quantitative estimate of drug-likeness (QED) is 0.364. The molecule has 2 rings (SSSR count). The van der Waals surface area contributed by atoms with E-state index in [1.807, 2.05) is 0 Å². The van der Waals surface area contributed by atoms with Gasteiger partial charge in [-0.1, -0.05) is 19.3 Å². The van der Waals surface area contributed by atoms with Crippen LogP contribution in [0.2, 0.25) is 0 Å². The molecule has 0 N–H and O–H groups in total. The molecule has 0 saturated heterocycles. The first kappa shape index (κ1) is 19.8. The molecule has 2 aliphatic rings. The second-order valence-corrected chi connectivity index (χ2v) is 8.13. The SMILES string of the molecule is CC(COC(=O)CCC1CC2CCCC(C2)C1)N([O-])SC(F)(F)F. The number of nitrogens with zero attached hydrogens (tertiary/aromatic N) is 1. The summed E-state index contributed by atoms with van der Waals surface area (Å²) in [6.45, 7) is 0.989. The van der Waals surface area contributed by atoms with Crippen LogP contribution < -0.4 is 0 Å². The van der Waals surface area contributed by atoms with Crippen molar-refractivity contribution in [2.75, 3.05) is 6.61 Å². The van der Waals surface area contributed by atoms with E-state index >= 15 is 0 Å². The van der Waals surface area contributed by atoms with Crippen molar-refractivity contribution in [3.63, 3.8) is 0 Å². The topological polar surface area (TPSA) is 52.6 Å². The highest BCUT2D eigenvalue weighted by atomic mass is 32.2. The van der Waals surface area contributed by atoms with Gasteiger partial charge in [-0.2, -0.15) is 13.2 Å². The Labute approximate surface area is 145 Å². The molecule has 140 valence electrons. The van der Waals surface area contributed by atoms with Crippen molar-refractivity contribution in [2.24, 2.45) is 17.8 Å². The molecular formula is C16H25F3NO3S-. The third kappa shape index (κ3) is 6.80. The Morgan fingerprint density at radius 2 is 1.92 bits per heavy atom. The van der Waals surface area contributed by atoms with Gasteiger partial charge in [-0.3, -0.25) is 4.79 Å². The summed E-state index contributed by atoms with van der Waals surface area (Å²) < 4.78 is 41.1. The van der Waals surface area contributed by atoms with Gasteiger partial charge in [0.25, 0.3) is 0 Å². The van der Waals surface area contributed by atoms with Crippen LogP contribution in [0.15, 0.2) is 0 Å². The van der Waals surface area contributed by atoms with Crippen LogP contribution >= 0.6 is 11.9 Å². The predicted octanol–water partition coefficient (Wildman–Crippen LogP) is 4.88. The molecule has 2 bridgehead atoms. The van der Waals surface area contributed by atoms with Gasteiger partial charge in [0.1, 0.15) is 6.61 Å². The van der Waals surface area contributed by atoms with Gasteiger partial charge >= 0.3 is 11.5 Å². The number of rotatable bonds is 7. The van der Waals surface area contributed by atoms with E-state index in [4.69, 9.17) is 4.74 Å². The standard InChI is InChI=1S/C16H25F3NO3S/c1-11(20(22)24-16(17,18)19)10-23-15(21)6-5-14-8-12-3-2-4-13(7-12)9-14/h11-14H,2-10H2,1H3/q-1. The van der Waals surface area contributed by atoms with Gasteiger partial charge < -0.3 is 14.4 Å². The molecule has 2 aliphatic carbocycles. The van der Waals surface area contributed by atoms with Gasteiger partial charge in [0, 0.05) is 24.4 Å². The van der Waals surface area contributed by atoms with Gasteiger partial charge in [0.2, 0.25) is 0 Å². The smallest absolute Gasteiger partial charge is 0.455 e. The lowest BCUT2D eigenvalue weighted by atomic mass is 9.67. The number of halogens is 3. The van der Waals surface area contributed by atoms with Gasteiger partial charge in [0.15, 0.2) is 0 Å². The summed E-state index contributed by atoms with van der Waals surface area (Å²) in [4.78, 5) is 11.8. The van der Waals surface area contributed by atoms with Crippen LogP contribution in [0.3, 0.4) is 0 Å². The molecule has 0 heterocycles. The molecule has 3 unspecified atom stereocenters. The van der Waals surface area contributed by atoms with Crippen LogP contribution in [0.4, 0.5) is 13.2 Å². The average molecular weight is 368 g/mol. The van der Waals surface area contributed by atoms with E-state index in [0.717, 1.165) is 18.3 Å².